The highest BCUT2D eigenvalue weighted by atomic mass is 16.1. The first-order chi connectivity index (χ1) is 12.6. The number of para-hydroxylation sites is 1. The third kappa shape index (κ3) is 2.91. The third-order valence-electron chi connectivity index (χ3n) is 4.63. The largest absolute Gasteiger partial charge is 0.309 e. The summed E-state index contributed by atoms with van der Waals surface area (Å²) in [6, 6.07) is 19.8. The first-order valence-electron chi connectivity index (χ1n) is 8.86. The maximum absolute atomic E-state index is 13.1. The van der Waals surface area contributed by atoms with Crippen LogP contribution in [-0.2, 0) is 6.54 Å². The lowest BCUT2D eigenvalue weighted by atomic mass is 10.1. The summed E-state index contributed by atoms with van der Waals surface area (Å²) in [6.45, 7) is 1.61. The first kappa shape index (κ1) is 16.5. The molecule has 0 spiro atoms. The molecule has 0 saturated heterocycles. The van der Waals surface area contributed by atoms with Crippen LogP contribution in [0.5, 0.6) is 0 Å². The van der Waals surface area contributed by atoms with Crippen molar-refractivity contribution in [1.82, 2.24) is 19.1 Å². The van der Waals surface area contributed by atoms with Gasteiger partial charge in [-0.15, -0.1) is 0 Å². The molecule has 0 aliphatic rings. The van der Waals surface area contributed by atoms with Gasteiger partial charge in [0.15, 0.2) is 0 Å². The van der Waals surface area contributed by atoms with E-state index in [1.807, 2.05) is 83.8 Å². The average molecular weight is 346 g/mol. The van der Waals surface area contributed by atoms with Gasteiger partial charge in [-0.25, -0.2) is 4.52 Å². The lowest BCUT2D eigenvalue weighted by Gasteiger charge is -2.13. The summed E-state index contributed by atoms with van der Waals surface area (Å²) < 4.78 is 3.75. The van der Waals surface area contributed by atoms with Crippen molar-refractivity contribution in [1.29, 1.82) is 0 Å². The predicted octanol–water partition coefficient (Wildman–Crippen LogP) is 3.27. The first-order valence-corrected chi connectivity index (χ1v) is 8.86. The summed E-state index contributed by atoms with van der Waals surface area (Å²) in [5.74, 6) is 0. The Balaban J connectivity index is 1.93. The number of aromatic nitrogens is 3. The van der Waals surface area contributed by atoms with Crippen molar-refractivity contribution in [3.05, 3.63) is 71.0 Å². The van der Waals surface area contributed by atoms with Gasteiger partial charge in [-0.2, -0.15) is 5.10 Å². The van der Waals surface area contributed by atoms with E-state index in [4.69, 9.17) is 5.10 Å². The van der Waals surface area contributed by atoms with Crippen LogP contribution in [0.2, 0.25) is 0 Å². The Morgan fingerprint density at radius 1 is 1.00 bits per heavy atom. The number of aryl methyl sites for hydroxylation is 1. The van der Waals surface area contributed by atoms with Gasteiger partial charge in [0.05, 0.1) is 16.6 Å². The molecule has 2 heterocycles. The smallest absolute Gasteiger partial charge is 0.261 e. The minimum absolute atomic E-state index is 0.0476. The monoisotopic (exact) mass is 346 g/mol. The van der Waals surface area contributed by atoms with Crippen molar-refractivity contribution >= 4 is 16.6 Å². The van der Waals surface area contributed by atoms with Crippen molar-refractivity contribution in [3.63, 3.8) is 0 Å². The van der Waals surface area contributed by atoms with E-state index in [0.29, 0.717) is 11.9 Å². The van der Waals surface area contributed by atoms with Crippen molar-refractivity contribution in [2.45, 2.75) is 13.0 Å². The van der Waals surface area contributed by atoms with E-state index in [0.717, 1.165) is 35.4 Å². The zero-order valence-electron chi connectivity index (χ0n) is 15.1. The number of hydrogen-bond donors (Lipinski definition) is 0. The molecule has 5 heteroatoms. The van der Waals surface area contributed by atoms with Gasteiger partial charge in [-0.3, -0.25) is 9.36 Å². The van der Waals surface area contributed by atoms with E-state index in [1.165, 1.54) is 0 Å². The van der Waals surface area contributed by atoms with Gasteiger partial charge in [0, 0.05) is 18.2 Å². The van der Waals surface area contributed by atoms with Crippen LogP contribution in [-0.4, -0.2) is 39.7 Å². The van der Waals surface area contributed by atoms with Crippen LogP contribution in [0.3, 0.4) is 0 Å². The molecule has 5 nitrogen and oxygen atoms in total. The van der Waals surface area contributed by atoms with Gasteiger partial charge < -0.3 is 4.90 Å². The quantitative estimate of drug-likeness (QED) is 0.557. The van der Waals surface area contributed by atoms with Crippen LogP contribution in [0, 0.1) is 0 Å². The Kier molecular flexibility index (Phi) is 4.31. The fraction of sp³-hybridized carbons (Fsp3) is 0.238. The summed E-state index contributed by atoms with van der Waals surface area (Å²) in [5.41, 5.74) is 3.66. The summed E-state index contributed by atoms with van der Waals surface area (Å²) >= 11 is 0. The topological polar surface area (TPSA) is 42.5 Å². The van der Waals surface area contributed by atoms with Gasteiger partial charge in [0.1, 0.15) is 5.65 Å². The van der Waals surface area contributed by atoms with Gasteiger partial charge in [-0.1, -0.05) is 42.5 Å². The molecule has 2 aromatic carbocycles. The second kappa shape index (κ2) is 6.77. The Morgan fingerprint density at radius 3 is 2.50 bits per heavy atom. The molecule has 26 heavy (non-hydrogen) atoms. The van der Waals surface area contributed by atoms with Crippen LogP contribution >= 0.6 is 0 Å². The molecule has 0 bridgehead atoms. The minimum Gasteiger partial charge on any atom is -0.309 e. The van der Waals surface area contributed by atoms with Gasteiger partial charge in [0.2, 0.25) is 0 Å². The van der Waals surface area contributed by atoms with E-state index in [1.54, 1.807) is 0 Å². The van der Waals surface area contributed by atoms with E-state index >= 15 is 0 Å². The van der Waals surface area contributed by atoms with Crippen LogP contribution < -0.4 is 5.56 Å². The number of hydrogen-bond acceptors (Lipinski definition) is 3. The zero-order chi connectivity index (χ0) is 18.1. The summed E-state index contributed by atoms with van der Waals surface area (Å²) in [5, 5.41) is 5.50. The minimum atomic E-state index is 0.0476. The molecule has 0 fully saturated rings. The predicted molar refractivity (Wildman–Crippen MR) is 106 cm³/mol. The lowest BCUT2D eigenvalue weighted by Crippen LogP contribution is -2.25. The molecule has 4 rings (SSSR count). The molecule has 2 aromatic heterocycles. The number of nitrogens with zero attached hydrogens (tertiary/aromatic N) is 4. The molecule has 0 aliphatic carbocycles. The highest BCUT2D eigenvalue weighted by molar-refractivity contribution is 5.81. The van der Waals surface area contributed by atoms with Crippen molar-refractivity contribution < 1.29 is 0 Å². The van der Waals surface area contributed by atoms with Crippen molar-refractivity contribution in [2.24, 2.45) is 0 Å². The molecular weight excluding hydrogens is 324 g/mol. The molecule has 0 N–H and O–H groups in total. The lowest BCUT2D eigenvalue weighted by molar-refractivity contribution is 0.386. The highest BCUT2D eigenvalue weighted by Gasteiger charge is 2.14. The van der Waals surface area contributed by atoms with Crippen LogP contribution in [0.15, 0.2) is 65.5 Å². The van der Waals surface area contributed by atoms with E-state index in [-0.39, 0.29) is 5.56 Å². The van der Waals surface area contributed by atoms with Crippen LogP contribution in [0.25, 0.3) is 27.8 Å². The SMILES string of the molecule is CN(C)CCCn1c(=O)c2ccccc2n2nc(-c3ccccc3)cc12. The molecule has 0 aliphatic heterocycles. The molecule has 4 aromatic rings. The standard InChI is InChI=1S/C21H22N4O/c1-23(2)13-8-14-24-20-15-18(16-9-4-3-5-10-16)22-25(20)19-12-7-6-11-17(19)21(24)26/h3-7,9-12,15H,8,13-14H2,1-2H3. The maximum atomic E-state index is 13.1. The number of fused-ring (bicyclic) bond motifs is 3. The van der Waals surface area contributed by atoms with Gasteiger partial charge in [-0.05, 0) is 39.2 Å². The van der Waals surface area contributed by atoms with E-state index in [2.05, 4.69) is 4.90 Å². The molecular formula is C21H22N4O. The number of rotatable bonds is 5. The Labute approximate surface area is 152 Å². The van der Waals surface area contributed by atoms with Crippen LogP contribution in [0.4, 0.5) is 0 Å². The second-order valence-corrected chi connectivity index (χ2v) is 6.80. The second-order valence-electron chi connectivity index (χ2n) is 6.80. The summed E-state index contributed by atoms with van der Waals surface area (Å²) in [6.07, 6.45) is 0.909. The molecule has 132 valence electrons. The summed E-state index contributed by atoms with van der Waals surface area (Å²) in [7, 11) is 4.09. The fourth-order valence-electron chi connectivity index (χ4n) is 3.34. The van der Waals surface area contributed by atoms with Crippen molar-refractivity contribution in [3.8, 4) is 11.3 Å². The molecule has 0 unspecified atom stereocenters. The summed E-state index contributed by atoms with van der Waals surface area (Å²) in [4.78, 5) is 15.2. The number of benzene rings is 2. The van der Waals surface area contributed by atoms with Gasteiger partial charge in [0.25, 0.3) is 5.56 Å². The maximum Gasteiger partial charge on any atom is 0.261 e. The third-order valence-corrected chi connectivity index (χ3v) is 4.63. The Bertz CT molecular complexity index is 1110. The highest BCUT2D eigenvalue weighted by Crippen LogP contribution is 2.22. The van der Waals surface area contributed by atoms with Gasteiger partial charge >= 0.3 is 0 Å². The zero-order valence-corrected chi connectivity index (χ0v) is 15.1. The Hall–Kier alpha value is -2.92. The van der Waals surface area contributed by atoms with Crippen molar-refractivity contribution in [2.75, 3.05) is 20.6 Å². The normalized spacial score (nSPS) is 11.7. The molecule has 0 amide bonds. The fourth-order valence-corrected chi connectivity index (χ4v) is 3.34. The van der Waals surface area contributed by atoms with E-state index in [9.17, 15) is 4.79 Å². The Morgan fingerprint density at radius 2 is 1.73 bits per heavy atom. The molecule has 0 atom stereocenters. The molecule has 0 saturated carbocycles. The van der Waals surface area contributed by atoms with E-state index < -0.39 is 0 Å². The van der Waals surface area contributed by atoms with Crippen LogP contribution in [0.1, 0.15) is 6.42 Å². The molecule has 0 radical (unpaired) electrons. The average Bonchev–Trinajstić information content (AvgIpc) is 3.10.